The van der Waals surface area contributed by atoms with Gasteiger partial charge in [0.15, 0.2) is 5.82 Å². The second-order valence-corrected chi connectivity index (χ2v) is 5.73. The SMILES string of the molecule is Cc1cc(NC(=O)N2CCO[C@@H](c3ccnc(N(C)C)n3)C2)no1. The first-order valence-electron chi connectivity index (χ1n) is 7.64. The zero-order valence-corrected chi connectivity index (χ0v) is 13.9. The fourth-order valence-electron chi connectivity index (χ4n) is 2.38. The average molecular weight is 332 g/mol. The number of amides is 2. The van der Waals surface area contributed by atoms with Crippen LogP contribution in [0.5, 0.6) is 0 Å². The monoisotopic (exact) mass is 332 g/mol. The molecule has 2 amide bonds. The Hall–Kier alpha value is -2.68. The molecular formula is C15H20N6O3. The van der Waals surface area contributed by atoms with Gasteiger partial charge < -0.3 is 19.1 Å². The van der Waals surface area contributed by atoms with E-state index in [0.29, 0.717) is 37.2 Å². The maximum absolute atomic E-state index is 12.4. The van der Waals surface area contributed by atoms with Crippen LogP contribution in [0.4, 0.5) is 16.6 Å². The van der Waals surface area contributed by atoms with Crippen molar-refractivity contribution < 1.29 is 14.1 Å². The topological polar surface area (TPSA) is 96.6 Å². The van der Waals surface area contributed by atoms with Crippen molar-refractivity contribution in [2.24, 2.45) is 0 Å². The number of nitrogens with zero attached hydrogens (tertiary/aromatic N) is 5. The molecule has 1 saturated heterocycles. The number of urea groups is 1. The molecule has 3 rings (SSSR count). The van der Waals surface area contributed by atoms with Gasteiger partial charge in [0.2, 0.25) is 5.95 Å². The van der Waals surface area contributed by atoms with Crippen molar-refractivity contribution in [1.29, 1.82) is 0 Å². The molecule has 0 bridgehead atoms. The maximum atomic E-state index is 12.4. The second kappa shape index (κ2) is 6.83. The van der Waals surface area contributed by atoms with Gasteiger partial charge in [-0.2, -0.15) is 0 Å². The number of ether oxygens (including phenoxy) is 1. The molecule has 0 aliphatic carbocycles. The van der Waals surface area contributed by atoms with Gasteiger partial charge in [0.05, 0.1) is 18.8 Å². The minimum Gasteiger partial charge on any atom is -0.368 e. The first-order valence-corrected chi connectivity index (χ1v) is 7.64. The third-order valence-electron chi connectivity index (χ3n) is 3.61. The first kappa shape index (κ1) is 16.2. The minimum atomic E-state index is -0.287. The molecule has 0 aromatic carbocycles. The van der Waals surface area contributed by atoms with Crippen molar-refractivity contribution in [2.45, 2.75) is 13.0 Å². The predicted octanol–water partition coefficient (Wildman–Crippen LogP) is 1.44. The summed E-state index contributed by atoms with van der Waals surface area (Å²) < 4.78 is 10.7. The molecule has 0 saturated carbocycles. The molecule has 1 atom stereocenters. The summed E-state index contributed by atoms with van der Waals surface area (Å²) in [6, 6.07) is 3.24. The molecule has 1 aliphatic heterocycles. The summed E-state index contributed by atoms with van der Waals surface area (Å²) >= 11 is 0. The summed E-state index contributed by atoms with van der Waals surface area (Å²) in [7, 11) is 3.75. The van der Waals surface area contributed by atoms with Gasteiger partial charge in [0.1, 0.15) is 11.9 Å². The van der Waals surface area contributed by atoms with E-state index in [-0.39, 0.29) is 12.1 Å². The number of rotatable bonds is 3. The zero-order valence-electron chi connectivity index (χ0n) is 13.9. The maximum Gasteiger partial charge on any atom is 0.323 e. The van der Waals surface area contributed by atoms with E-state index in [9.17, 15) is 4.79 Å². The van der Waals surface area contributed by atoms with Crippen molar-refractivity contribution in [3.8, 4) is 0 Å². The van der Waals surface area contributed by atoms with E-state index < -0.39 is 0 Å². The lowest BCUT2D eigenvalue weighted by Gasteiger charge is -2.32. The first-order chi connectivity index (χ1) is 11.5. The highest BCUT2D eigenvalue weighted by Crippen LogP contribution is 2.22. The van der Waals surface area contributed by atoms with Crippen LogP contribution in [-0.2, 0) is 4.74 Å². The highest BCUT2D eigenvalue weighted by atomic mass is 16.5. The minimum absolute atomic E-state index is 0.238. The van der Waals surface area contributed by atoms with Gasteiger partial charge in [0, 0.05) is 32.9 Å². The van der Waals surface area contributed by atoms with Gasteiger partial charge in [-0.05, 0) is 13.0 Å². The Labute approximate surface area is 139 Å². The molecule has 0 spiro atoms. The summed E-state index contributed by atoms with van der Waals surface area (Å²) in [5, 5.41) is 6.49. The Balaban J connectivity index is 1.67. The van der Waals surface area contributed by atoms with Crippen LogP contribution in [-0.4, -0.2) is 59.8 Å². The molecule has 1 aliphatic rings. The normalized spacial score (nSPS) is 17.6. The fraction of sp³-hybridized carbons (Fsp3) is 0.467. The lowest BCUT2D eigenvalue weighted by molar-refractivity contribution is -0.0157. The molecule has 2 aromatic heterocycles. The third-order valence-corrected chi connectivity index (χ3v) is 3.61. The molecule has 24 heavy (non-hydrogen) atoms. The number of aryl methyl sites for hydroxylation is 1. The van der Waals surface area contributed by atoms with Gasteiger partial charge in [-0.15, -0.1) is 0 Å². The molecule has 1 fully saturated rings. The van der Waals surface area contributed by atoms with Gasteiger partial charge in [-0.3, -0.25) is 5.32 Å². The fourth-order valence-corrected chi connectivity index (χ4v) is 2.38. The van der Waals surface area contributed by atoms with Gasteiger partial charge in [-0.25, -0.2) is 14.8 Å². The Morgan fingerprint density at radius 3 is 3.00 bits per heavy atom. The van der Waals surface area contributed by atoms with E-state index in [0.717, 1.165) is 5.69 Å². The number of carbonyl (C=O) groups excluding carboxylic acids is 1. The Kier molecular flexibility index (Phi) is 4.61. The van der Waals surface area contributed by atoms with Crippen molar-refractivity contribution in [3.63, 3.8) is 0 Å². The molecule has 9 nitrogen and oxygen atoms in total. The van der Waals surface area contributed by atoms with Crippen LogP contribution in [0.2, 0.25) is 0 Å². The Morgan fingerprint density at radius 1 is 1.46 bits per heavy atom. The highest BCUT2D eigenvalue weighted by molar-refractivity contribution is 5.88. The molecule has 128 valence electrons. The van der Waals surface area contributed by atoms with Gasteiger partial charge in [0.25, 0.3) is 0 Å². The molecule has 3 heterocycles. The standard InChI is InChI=1S/C15H20N6O3/c1-10-8-13(19-24-10)18-15(22)21-6-7-23-12(9-21)11-4-5-16-14(17-11)20(2)3/h4-5,8,12H,6-7,9H2,1-3H3,(H,18,19,22)/t12-/m1/s1. The number of morpholine rings is 1. The van der Waals surface area contributed by atoms with Crippen LogP contribution in [0.3, 0.4) is 0 Å². The van der Waals surface area contributed by atoms with Crippen LogP contribution in [0.15, 0.2) is 22.9 Å². The Morgan fingerprint density at radius 2 is 2.29 bits per heavy atom. The van der Waals surface area contributed by atoms with Crippen molar-refractivity contribution in [3.05, 3.63) is 29.8 Å². The number of hydrogen-bond acceptors (Lipinski definition) is 7. The lowest BCUT2D eigenvalue weighted by atomic mass is 10.2. The molecule has 0 unspecified atom stereocenters. The second-order valence-electron chi connectivity index (χ2n) is 5.73. The summed E-state index contributed by atoms with van der Waals surface area (Å²) in [4.78, 5) is 24.5. The van der Waals surface area contributed by atoms with Crippen LogP contribution in [0.1, 0.15) is 17.6 Å². The van der Waals surface area contributed by atoms with Crippen molar-refractivity contribution in [2.75, 3.05) is 44.0 Å². The summed E-state index contributed by atoms with van der Waals surface area (Å²) in [6.07, 6.45) is 1.41. The number of hydrogen-bond donors (Lipinski definition) is 1. The Bertz CT molecular complexity index is 717. The largest absolute Gasteiger partial charge is 0.368 e. The summed E-state index contributed by atoms with van der Waals surface area (Å²) in [5.41, 5.74) is 0.753. The van der Waals surface area contributed by atoms with Crippen LogP contribution < -0.4 is 10.2 Å². The number of anilines is 2. The quantitative estimate of drug-likeness (QED) is 0.908. The molecule has 9 heteroatoms. The predicted molar refractivity (Wildman–Crippen MR) is 86.9 cm³/mol. The molecular weight excluding hydrogens is 312 g/mol. The summed E-state index contributed by atoms with van der Waals surface area (Å²) in [6.45, 7) is 3.12. The highest BCUT2D eigenvalue weighted by Gasteiger charge is 2.27. The van der Waals surface area contributed by atoms with E-state index in [1.54, 1.807) is 30.2 Å². The molecule has 1 N–H and O–H groups in total. The van der Waals surface area contributed by atoms with Crippen LogP contribution in [0, 0.1) is 6.92 Å². The molecule has 2 aromatic rings. The summed E-state index contributed by atoms with van der Waals surface area (Å²) in [5.74, 6) is 1.65. The van der Waals surface area contributed by atoms with E-state index in [1.807, 2.05) is 19.0 Å². The average Bonchev–Trinajstić information content (AvgIpc) is 3.00. The third kappa shape index (κ3) is 3.62. The number of aromatic nitrogens is 3. The molecule has 0 radical (unpaired) electrons. The smallest absolute Gasteiger partial charge is 0.323 e. The van der Waals surface area contributed by atoms with E-state index in [1.165, 1.54) is 0 Å². The van der Waals surface area contributed by atoms with Crippen molar-refractivity contribution in [1.82, 2.24) is 20.0 Å². The van der Waals surface area contributed by atoms with Crippen LogP contribution in [0.25, 0.3) is 0 Å². The van der Waals surface area contributed by atoms with Gasteiger partial charge in [-0.1, -0.05) is 5.16 Å². The zero-order chi connectivity index (χ0) is 17.1. The number of carbonyl (C=O) groups is 1. The van der Waals surface area contributed by atoms with Crippen LogP contribution >= 0.6 is 0 Å². The van der Waals surface area contributed by atoms with Crippen molar-refractivity contribution >= 4 is 17.8 Å². The number of nitrogens with one attached hydrogen (secondary N) is 1. The van der Waals surface area contributed by atoms with E-state index in [2.05, 4.69) is 20.4 Å². The van der Waals surface area contributed by atoms with E-state index in [4.69, 9.17) is 9.26 Å². The van der Waals surface area contributed by atoms with E-state index >= 15 is 0 Å². The lowest BCUT2D eigenvalue weighted by Crippen LogP contribution is -2.44. The van der Waals surface area contributed by atoms with Gasteiger partial charge >= 0.3 is 6.03 Å².